The van der Waals surface area contributed by atoms with E-state index >= 15 is 0 Å². The van der Waals surface area contributed by atoms with Crippen molar-refractivity contribution in [1.82, 2.24) is 0 Å². The molecule has 0 bridgehead atoms. The number of hydrogen-bond acceptors (Lipinski definition) is 5. The van der Waals surface area contributed by atoms with Crippen molar-refractivity contribution in [1.29, 1.82) is 0 Å². The smallest absolute Gasteiger partial charge is 0.327 e. The number of ether oxygens (including phenoxy) is 2. The summed E-state index contributed by atoms with van der Waals surface area (Å²) >= 11 is 0. The van der Waals surface area contributed by atoms with E-state index in [2.05, 4.69) is 0 Å². The number of carboxylic acids is 1. The second-order valence-corrected chi connectivity index (χ2v) is 8.32. The molecule has 0 radical (unpaired) electrons. The van der Waals surface area contributed by atoms with Crippen LogP contribution in [0.1, 0.15) is 37.8 Å². The Morgan fingerprint density at radius 2 is 1.52 bits per heavy atom. The molecule has 0 aliphatic heterocycles. The Morgan fingerprint density at radius 3 is 1.97 bits per heavy atom. The second-order valence-electron chi connectivity index (χ2n) is 8.32. The molecule has 1 atom stereocenters. The van der Waals surface area contributed by atoms with Crippen molar-refractivity contribution in [3.63, 3.8) is 0 Å². The maximum Gasteiger partial charge on any atom is 0.327 e. The molecule has 3 rings (SSSR count). The number of rotatable bonds is 7. The van der Waals surface area contributed by atoms with Gasteiger partial charge in [0.2, 0.25) is 0 Å². The molecule has 0 aromatic heterocycles. The first-order valence-corrected chi connectivity index (χ1v) is 9.62. The highest BCUT2D eigenvalue weighted by molar-refractivity contribution is 5.99. The van der Waals surface area contributed by atoms with E-state index in [0.717, 1.165) is 22.3 Å². The number of carbonyl (C=O) groups excluding carboxylic acids is 1. The number of carboxylic acid groups (broad SMARTS) is 1. The first-order valence-electron chi connectivity index (χ1n) is 9.62. The Labute approximate surface area is 170 Å². The van der Waals surface area contributed by atoms with Gasteiger partial charge in [-0.2, -0.15) is 0 Å². The highest BCUT2D eigenvalue weighted by Gasteiger charge is 2.48. The lowest BCUT2D eigenvalue weighted by Gasteiger charge is -2.30. The third-order valence-electron chi connectivity index (χ3n) is 5.24. The predicted octanol–water partition coefficient (Wildman–Crippen LogP) is 3.19. The van der Waals surface area contributed by atoms with Crippen LogP contribution in [0.4, 0.5) is 0 Å². The summed E-state index contributed by atoms with van der Waals surface area (Å²) in [4.78, 5) is 24.8. The number of fused-ring (bicyclic) bond motifs is 3. The van der Waals surface area contributed by atoms with Crippen LogP contribution in [0.25, 0.3) is 11.1 Å². The molecule has 0 saturated carbocycles. The summed E-state index contributed by atoms with van der Waals surface area (Å²) < 4.78 is 11.1. The van der Waals surface area contributed by atoms with Gasteiger partial charge in [0, 0.05) is 12.5 Å². The van der Waals surface area contributed by atoms with Crippen molar-refractivity contribution in [2.75, 3.05) is 19.8 Å². The normalized spacial score (nSPS) is 15.3. The van der Waals surface area contributed by atoms with E-state index in [1.807, 2.05) is 48.5 Å². The zero-order chi connectivity index (χ0) is 21.2. The fourth-order valence-corrected chi connectivity index (χ4v) is 3.51. The zero-order valence-corrected chi connectivity index (χ0v) is 17.0. The van der Waals surface area contributed by atoms with Gasteiger partial charge in [-0.25, -0.2) is 0 Å². The topological polar surface area (TPSA) is 98.9 Å². The van der Waals surface area contributed by atoms with Crippen LogP contribution in [0.2, 0.25) is 0 Å². The molecular formula is C23H27NO5. The minimum atomic E-state index is -1.94. The number of nitrogens with two attached hydrogens (primary N) is 1. The highest BCUT2D eigenvalue weighted by Crippen LogP contribution is 2.44. The summed E-state index contributed by atoms with van der Waals surface area (Å²) in [6.07, 6.45) is 0. The number of hydrogen-bond donors (Lipinski definition) is 2. The molecule has 6 nitrogen and oxygen atoms in total. The van der Waals surface area contributed by atoms with Crippen molar-refractivity contribution in [3.8, 4) is 11.1 Å². The van der Waals surface area contributed by atoms with Gasteiger partial charge in [0.15, 0.2) is 5.41 Å². The number of benzene rings is 2. The lowest BCUT2D eigenvalue weighted by atomic mass is 9.89. The molecule has 0 amide bonds. The van der Waals surface area contributed by atoms with Crippen molar-refractivity contribution < 1.29 is 24.2 Å². The summed E-state index contributed by atoms with van der Waals surface area (Å²) in [5, 5.41) is 9.74. The second kappa shape index (κ2) is 7.97. The monoisotopic (exact) mass is 397 g/mol. The predicted molar refractivity (Wildman–Crippen MR) is 110 cm³/mol. The summed E-state index contributed by atoms with van der Waals surface area (Å²) in [7, 11) is 0. The molecule has 0 heterocycles. The van der Waals surface area contributed by atoms with Gasteiger partial charge in [-0.15, -0.1) is 0 Å². The van der Waals surface area contributed by atoms with Crippen molar-refractivity contribution in [3.05, 3.63) is 59.7 Å². The quantitative estimate of drug-likeness (QED) is 0.550. The SMILES string of the molecule is CC(C)(C)OCC(CN)(C(=O)O)C(=O)OCC1c2ccccc2-c2ccccc21. The first-order chi connectivity index (χ1) is 13.7. The lowest BCUT2D eigenvalue weighted by Crippen LogP contribution is -2.51. The maximum atomic E-state index is 12.9. The Kier molecular flexibility index (Phi) is 5.78. The zero-order valence-electron chi connectivity index (χ0n) is 17.0. The van der Waals surface area contributed by atoms with E-state index in [0.29, 0.717) is 0 Å². The van der Waals surface area contributed by atoms with E-state index < -0.39 is 29.5 Å². The van der Waals surface area contributed by atoms with Crippen LogP contribution in [0.5, 0.6) is 0 Å². The fourth-order valence-electron chi connectivity index (χ4n) is 3.51. The Hall–Kier alpha value is -2.70. The number of carbonyl (C=O) groups is 2. The van der Waals surface area contributed by atoms with Gasteiger partial charge in [0.25, 0.3) is 0 Å². The minimum absolute atomic E-state index is 0.0391. The van der Waals surface area contributed by atoms with E-state index in [1.54, 1.807) is 20.8 Å². The van der Waals surface area contributed by atoms with Crippen LogP contribution in [-0.4, -0.2) is 42.4 Å². The third kappa shape index (κ3) is 4.04. The van der Waals surface area contributed by atoms with Gasteiger partial charge in [-0.1, -0.05) is 48.5 Å². The fraction of sp³-hybridized carbons (Fsp3) is 0.391. The summed E-state index contributed by atoms with van der Waals surface area (Å²) in [6, 6.07) is 15.9. The standard InChI is InChI=1S/C23H27NO5/c1-22(2,3)29-14-23(13-24,20(25)26)21(27)28-12-19-17-10-6-4-8-15(17)16-9-5-7-11-18(16)19/h4-11,19H,12-14,24H2,1-3H3,(H,25,26). The van der Waals surface area contributed by atoms with E-state index in [4.69, 9.17) is 15.2 Å². The summed E-state index contributed by atoms with van der Waals surface area (Å²) in [5.41, 5.74) is 7.48. The van der Waals surface area contributed by atoms with E-state index in [-0.39, 0.29) is 19.1 Å². The summed E-state index contributed by atoms with van der Waals surface area (Å²) in [6.45, 7) is 4.64. The third-order valence-corrected chi connectivity index (χ3v) is 5.24. The van der Waals surface area contributed by atoms with Crippen LogP contribution >= 0.6 is 0 Å². The molecule has 1 aliphatic carbocycles. The molecule has 1 unspecified atom stereocenters. The van der Waals surface area contributed by atoms with Crippen molar-refractivity contribution in [2.24, 2.45) is 11.1 Å². The van der Waals surface area contributed by atoms with Gasteiger partial charge >= 0.3 is 11.9 Å². The van der Waals surface area contributed by atoms with Gasteiger partial charge in [-0.05, 0) is 43.0 Å². The van der Waals surface area contributed by atoms with Crippen molar-refractivity contribution >= 4 is 11.9 Å². The Morgan fingerprint density at radius 1 is 1.00 bits per heavy atom. The first kappa shape index (κ1) is 21.0. The Bertz CT molecular complexity index is 872. The average Bonchev–Trinajstić information content (AvgIpc) is 3.00. The molecule has 0 saturated heterocycles. The summed E-state index contributed by atoms with van der Waals surface area (Å²) in [5.74, 6) is -2.38. The molecule has 154 valence electrons. The van der Waals surface area contributed by atoms with Crippen LogP contribution in [0.15, 0.2) is 48.5 Å². The van der Waals surface area contributed by atoms with Crippen LogP contribution in [0, 0.1) is 5.41 Å². The minimum Gasteiger partial charge on any atom is -0.480 e. The van der Waals surface area contributed by atoms with Gasteiger partial charge < -0.3 is 20.3 Å². The van der Waals surface area contributed by atoms with Crippen LogP contribution in [0.3, 0.4) is 0 Å². The number of aliphatic carboxylic acids is 1. The van der Waals surface area contributed by atoms with E-state index in [9.17, 15) is 14.7 Å². The average molecular weight is 397 g/mol. The molecule has 2 aromatic carbocycles. The largest absolute Gasteiger partial charge is 0.480 e. The molecule has 2 aromatic rings. The molecular weight excluding hydrogens is 370 g/mol. The van der Waals surface area contributed by atoms with Gasteiger partial charge in [-0.3, -0.25) is 9.59 Å². The van der Waals surface area contributed by atoms with Gasteiger partial charge in [0.05, 0.1) is 12.2 Å². The number of esters is 1. The van der Waals surface area contributed by atoms with Crippen LogP contribution in [-0.2, 0) is 19.1 Å². The molecule has 29 heavy (non-hydrogen) atoms. The van der Waals surface area contributed by atoms with Crippen molar-refractivity contribution in [2.45, 2.75) is 32.3 Å². The molecule has 1 aliphatic rings. The Balaban J connectivity index is 1.82. The molecule has 3 N–H and O–H groups in total. The van der Waals surface area contributed by atoms with Crippen LogP contribution < -0.4 is 5.73 Å². The van der Waals surface area contributed by atoms with E-state index in [1.165, 1.54) is 0 Å². The molecule has 6 heteroatoms. The highest BCUT2D eigenvalue weighted by atomic mass is 16.5. The lowest BCUT2D eigenvalue weighted by molar-refractivity contribution is -0.176. The molecule has 0 spiro atoms. The van der Waals surface area contributed by atoms with Gasteiger partial charge in [0.1, 0.15) is 6.61 Å². The maximum absolute atomic E-state index is 12.9. The molecule has 0 fully saturated rings.